The van der Waals surface area contributed by atoms with Gasteiger partial charge in [0.15, 0.2) is 0 Å². The number of amides is 1. The van der Waals surface area contributed by atoms with Gasteiger partial charge in [-0.15, -0.1) is 0 Å². The first-order chi connectivity index (χ1) is 16.2. The SMILES string of the molecule is N#C/C(=C/N1CCN(Cc2ccccc2)CC1)C(=O)Nc1ccc(Oc2ccccc2)cc1. The van der Waals surface area contributed by atoms with E-state index in [4.69, 9.17) is 4.74 Å². The van der Waals surface area contributed by atoms with Crippen molar-refractivity contribution in [3.8, 4) is 17.6 Å². The van der Waals surface area contributed by atoms with Gasteiger partial charge in [0.1, 0.15) is 23.1 Å². The highest BCUT2D eigenvalue weighted by Gasteiger charge is 2.17. The second-order valence-corrected chi connectivity index (χ2v) is 7.85. The van der Waals surface area contributed by atoms with Crippen molar-refractivity contribution in [1.82, 2.24) is 9.80 Å². The van der Waals surface area contributed by atoms with Gasteiger partial charge in [0.2, 0.25) is 0 Å². The molecule has 0 aromatic heterocycles. The molecular formula is C27H26N4O2. The smallest absolute Gasteiger partial charge is 0.267 e. The van der Waals surface area contributed by atoms with E-state index in [0.717, 1.165) is 38.5 Å². The second kappa shape index (κ2) is 11.0. The number of nitrogens with zero attached hydrogens (tertiary/aromatic N) is 3. The largest absolute Gasteiger partial charge is 0.457 e. The van der Waals surface area contributed by atoms with Crippen LogP contribution in [0.2, 0.25) is 0 Å². The first kappa shape index (κ1) is 22.1. The summed E-state index contributed by atoms with van der Waals surface area (Å²) >= 11 is 0. The first-order valence-corrected chi connectivity index (χ1v) is 11.0. The molecule has 1 fully saturated rings. The maximum Gasteiger partial charge on any atom is 0.267 e. The van der Waals surface area contributed by atoms with Gasteiger partial charge in [-0.3, -0.25) is 9.69 Å². The quantitative estimate of drug-likeness (QED) is 0.430. The molecule has 0 radical (unpaired) electrons. The molecule has 0 saturated carbocycles. The van der Waals surface area contributed by atoms with Gasteiger partial charge in [0, 0.05) is 44.6 Å². The Hall–Kier alpha value is -4.08. The summed E-state index contributed by atoms with van der Waals surface area (Å²) in [6.07, 6.45) is 1.67. The lowest BCUT2D eigenvalue weighted by molar-refractivity contribution is -0.112. The van der Waals surface area contributed by atoms with Crippen LogP contribution in [0.4, 0.5) is 5.69 Å². The average molecular weight is 439 g/mol. The molecule has 33 heavy (non-hydrogen) atoms. The molecule has 0 unspecified atom stereocenters. The Morgan fingerprint density at radius 1 is 0.879 bits per heavy atom. The van der Waals surface area contributed by atoms with Crippen LogP contribution in [-0.4, -0.2) is 41.9 Å². The van der Waals surface area contributed by atoms with Crippen LogP contribution < -0.4 is 10.1 Å². The fourth-order valence-electron chi connectivity index (χ4n) is 3.64. The van der Waals surface area contributed by atoms with Crippen LogP contribution in [0.25, 0.3) is 0 Å². The molecular weight excluding hydrogens is 412 g/mol. The van der Waals surface area contributed by atoms with Crippen molar-refractivity contribution in [3.63, 3.8) is 0 Å². The normalized spacial score (nSPS) is 14.4. The predicted molar refractivity (Wildman–Crippen MR) is 129 cm³/mol. The summed E-state index contributed by atoms with van der Waals surface area (Å²) in [5.74, 6) is 0.998. The number of nitrogens with one attached hydrogen (secondary N) is 1. The molecule has 0 spiro atoms. The topological polar surface area (TPSA) is 68.6 Å². The number of nitriles is 1. The minimum atomic E-state index is -0.416. The van der Waals surface area contributed by atoms with Crippen LogP contribution in [0.3, 0.4) is 0 Å². The van der Waals surface area contributed by atoms with Gasteiger partial charge >= 0.3 is 0 Å². The molecule has 3 aromatic rings. The van der Waals surface area contributed by atoms with Crippen LogP contribution in [-0.2, 0) is 11.3 Å². The summed E-state index contributed by atoms with van der Waals surface area (Å²) in [7, 11) is 0. The maximum atomic E-state index is 12.6. The van der Waals surface area contributed by atoms with E-state index in [-0.39, 0.29) is 5.57 Å². The Morgan fingerprint density at radius 3 is 2.12 bits per heavy atom. The molecule has 1 aliphatic heterocycles. The molecule has 166 valence electrons. The molecule has 1 heterocycles. The number of carbonyl (C=O) groups is 1. The number of carbonyl (C=O) groups excluding carboxylic acids is 1. The molecule has 0 atom stereocenters. The lowest BCUT2D eigenvalue weighted by Gasteiger charge is -2.34. The van der Waals surface area contributed by atoms with Gasteiger partial charge in [0.05, 0.1) is 0 Å². The summed E-state index contributed by atoms with van der Waals surface area (Å²) < 4.78 is 5.77. The van der Waals surface area contributed by atoms with Gasteiger partial charge in [-0.2, -0.15) is 5.26 Å². The molecule has 6 heteroatoms. The van der Waals surface area contributed by atoms with Crippen LogP contribution in [0.1, 0.15) is 5.56 Å². The number of ether oxygens (including phenoxy) is 1. The Labute approximate surface area is 194 Å². The molecule has 1 N–H and O–H groups in total. The zero-order valence-corrected chi connectivity index (χ0v) is 18.4. The minimum Gasteiger partial charge on any atom is -0.457 e. The third-order valence-electron chi connectivity index (χ3n) is 5.42. The van der Waals surface area contributed by atoms with Crippen molar-refractivity contribution in [2.75, 3.05) is 31.5 Å². The van der Waals surface area contributed by atoms with Crippen molar-refractivity contribution < 1.29 is 9.53 Å². The third kappa shape index (κ3) is 6.45. The van der Waals surface area contributed by atoms with Gasteiger partial charge in [-0.1, -0.05) is 48.5 Å². The van der Waals surface area contributed by atoms with E-state index in [9.17, 15) is 10.1 Å². The number of anilines is 1. The van der Waals surface area contributed by atoms with E-state index < -0.39 is 5.91 Å². The highest BCUT2D eigenvalue weighted by molar-refractivity contribution is 6.06. The van der Waals surface area contributed by atoms with Crippen LogP contribution in [0.15, 0.2) is 96.7 Å². The molecule has 1 amide bonds. The zero-order chi connectivity index (χ0) is 22.9. The number of para-hydroxylation sites is 1. The Kier molecular flexibility index (Phi) is 7.36. The summed E-state index contributed by atoms with van der Waals surface area (Å²) in [5, 5.41) is 12.3. The van der Waals surface area contributed by atoms with Gasteiger partial charge in [-0.25, -0.2) is 0 Å². The van der Waals surface area contributed by atoms with E-state index in [1.807, 2.05) is 47.4 Å². The minimum absolute atomic E-state index is 0.0936. The number of benzene rings is 3. The zero-order valence-electron chi connectivity index (χ0n) is 18.4. The van der Waals surface area contributed by atoms with E-state index in [1.165, 1.54) is 5.56 Å². The van der Waals surface area contributed by atoms with E-state index in [1.54, 1.807) is 30.5 Å². The average Bonchev–Trinajstić information content (AvgIpc) is 2.86. The molecule has 3 aromatic carbocycles. The highest BCUT2D eigenvalue weighted by Crippen LogP contribution is 2.23. The monoisotopic (exact) mass is 438 g/mol. The summed E-state index contributed by atoms with van der Waals surface area (Å²) in [4.78, 5) is 17.0. The van der Waals surface area contributed by atoms with E-state index in [0.29, 0.717) is 11.4 Å². The fraction of sp³-hybridized carbons (Fsp3) is 0.185. The van der Waals surface area contributed by atoms with E-state index in [2.05, 4.69) is 34.5 Å². The van der Waals surface area contributed by atoms with Crippen LogP contribution in [0, 0.1) is 11.3 Å². The predicted octanol–water partition coefficient (Wildman–Crippen LogP) is 4.64. The highest BCUT2D eigenvalue weighted by atomic mass is 16.5. The van der Waals surface area contributed by atoms with Crippen LogP contribution in [0.5, 0.6) is 11.5 Å². The van der Waals surface area contributed by atoms with Crippen molar-refractivity contribution in [1.29, 1.82) is 5.26 Å². The number of hydrogen-bond donors (Lipinski definition) is 1. The fourth-order valence-corrected chi connectivity index (χ4v) is 3.64. The van der Waals surface area contributed by atoms with Crippen LogP contribution >= 0.6 is 0 Å². The first-order valence-electron chi connectivity index (χ1n) is 11.0. The lowest BCUT2D eigenvalue weighted by Crippen LogP contribution is -2.43. The lowest BCUT2D eigenvalue weighted by atomic mass is 10.2. The van der Waals surface area contributed by atoms with Gasteiger partial charge in [-0.05, 0) is 42.0 Å². The van der Waals surface area contributed by atoms with Gasteiger partial charge < -0.3 is 15.0 Å². The molecule has 4 rings (SSSR count). The Balaban J connectivity index is 1.29. The summed E-state index contributed by atoms with van der Waals surface area (Å²) in [6.45, 7) is 4.23. The van der Waals surface area contributed by atoms with E-state index >= 15 is 0 Å². The number of piperazine rings is 1. The molecule has 0 bridgehead atoms. The maximum absolute atomic E-state index is 12.6. The van der Waals surface area contributed by atoms with Gasteiger partial charge in [0.25, 0.3) is 5.91 Å². The van der Waals surface area contributed by atoms with Crippen molar-refractivity contribution in [2.24, 2.45) is 0 Å². The standard InChI is InChI=1S/C27H26N4O2/c28-19-23(21-31-17-15-30(16-18-31)20-22-7-3-1-4-8-22)27(32)29-24-11-13-26(14-12-24)33-25-9-5-2-6-10-25/h1-14,21H,15-18,20H2,(H,29,32)/b23-21-. The number of hydrogen-bond acceptors (Lipinski definition) is 5. The Morgan fingerprint density at radius 2 is 1.48 bits per heavy atom. The van der Waals surface area contributed by atoms with Crippen molar-refractivity contribution in [3.05, 3.63) is 102 Å². The molecule has 0 aliphatic carbocycles. The molecule has 1 saturated heterocycles. The summed E-state index contributed by atoms with van der Waals surface area (Å²) in [6, 6.07) is 29.0. The number of rotatable bonds is 7. The van der Waals surface area contributed by atoms with Crippen molar-refractivity contribution >= 4 is 11.6 Å². The second-order valence-electron chi connectivity index (χ2n) is 7.85. The molecule has 1 aliphatic rings. The Bertz CT molecular complexity index is 1110. The summed E-state index contributed by atoms with van der Waals surface area (Å²) in [5.41, 5.74) is 1.99. The third-order valence-corrected chi connectivity index (χ3v) is 5.42. The molecule has 6 nitrogen and oxygen atoms in total. The van der Waals surface area contributed by atoms with Crippen molar-refractivity contribution in [2.45, 2.75) is 6.54 Å².